The number of carbonyl (C=O) groups excluding carboxylic acids is 1. The van der Waals surface area contributed by atoms with Crippen molar-refractivity contribution in [2.75, 3.05) is 38.6 Å². The van der Waals surface area contributed by atoms with Gasteiger partial charge in [0.2, 0.25) is 0 Å². The molecule has 8 heteroatoms. The highest BCUT2D eigenvalue weighted by Crippen LogP contribution is 2.27. The quantitative estimate of drug-likeness (QED) is 0.547. The summed E-state index contributed by atoms with van der Waals surface area (Å²) < 4.78 is 0. The van der Waals surface area contributed by atoms with Crippen LogP contribution in [0.5, 0.6) is 0 Å². The second kappa shape index (κ2) is 9.24. The number of likely N-dealkylation sites (tertiary alicyclic amines) is 1. The Hall–Kier alpha value is -2.64. The molecule has 3 rings (SSSR count). The number of nitro groups is 1. The highest BCUT2D eigenvalue weighted by molar-refractivity contribution is 6.31. The monoisotopic (exact) mass is 416 g/mol. The van der Waals surface area contributed by atoms with Crippen LogP contribution in [0, 0.1) is 10.1 Å². The van der Waals surface area contributed by atoms with Gasteiger partial charge < -0.3 is 10.2 Å². The molecule has 154 valence electrons. The molecule has 29 heavy (non-hydrogen) atoms. The zero-order valence-corrected chi connectivity index (χ0v) is 17.4. The van der Waals surface area contributed by atoms with Crippen molar-refractivity contribution in [3.63, 3.8) is 0 Å². The number of amides is 1. The zero-order valence-electron chi connectivity index (χ0n) is 16.6. The molecular weight excluding hydrogens is 392 g/mol. The van der Waals surface area contributed by atoms with Crippen molar-refractivity contribution in [2.45, 2.75) is 18.9 Å². The van der Waals surface area contributed by atoms with E-state index in [1.54, 1.807) is 0 Å². The van der Waals surface area contributed by atoms with Crippen LogP contribution in [0.15, 0.2) is 42.5 Å². The molecule has 1 atom stereocenters. The van der Waals surface area contributed by atoms with E-state index < -0.39 is 10.8 Å². The molecule has 1 unspecified atom stereocenters. The van der Waals surface area contributed by atoms with Crippen LogP contribution in [0.1, 0.15) is 34.8 Å². The van der Waals surface area contributed by atoms with E-state index in [2.05, 4.69) is 34.5 Å². The number of halogens is 1. The molecule has 0 saturated carbocycles. The number of carbonyl (C=O) groups is 1. The van der Waals surface area contributed by atoms with Crippen LogP contribution >= 0.6 is 11.6 Å². The van der Waals surface area contributed by atoms with Gasteiger partial charge in [-0.2, -0.15) is 0 Å². The summed E-state index contributed by atoms with van der Waals surface area (Å²) in [5.74, 6) is -0.492. The van der Waals surface area contributed by atoms with E-state index in [0.717, 1.165) is 37.2 Å². The Balaban J connectivity index is 1.79. The molecule has 0 aromatic heterocycles. The number of hydrogen-bond acceptors (Lipinski definition) is 5. The standard InChI is InChI=1S/C21H25ClN4O3/c1-24(2)17-8-5-15(6-9-17)20(25-11-3-4-12-25)14-23-21(27)18-13-16(22)7-10-19(18)26(28)29/h5-10,13,20H,3-4,11-12,14H2,1-2H3,(H,23,27). The molecule has 1 aliphatic rings. The minimum absolute atomic E-state index is 0.0101. The zero-order chi connectivity index (χ0) is 21.0. The third kappa shape index (κ3) is 5.05. The van der Waals surface area contributed by atoms with Crippen molar-refractivity contribution in [3.05, 3.63) is 68.7 Å². The first-order valence-electron chi connectivity index (χ1n) is 9.60. The lowest BCUT2D eigenvalue weighted by atomic mass is 10.0. The molecule has 0 bridgehead atoms. The Morgan fingerprint density at radius 3 is 2.45 bits per heavy atom. The maximum atomic E-state index is 12.7. The maximum absolute atomic E-state index is 12.7. The number of rotatable bonds is 7. The van der Waals surface area contributed by atoms with Crippen LogP contribution in [-0.2, 0) is 0 Å². The lowest BCUT2D eigenvalue weighted by Crippen LogP contribution is -2.37. The molecule has 1 aliphatic heterocycles. The van der Waals surface area contributed by atoms with Gasteiger partial charge in [0.05, 0.1) is 11.0 Å². The van der Waals surface area contributed by atoms with Gasteiger partial charge in [0.25, 0.3) is 11.6 Å². The Morgan fingerprint density at radius 2 is 1.86 bits per heavy atom. The fraction of sp³-hybridized carbons (Fsp3) is 0.381. The van der Waals surface area contributed by atoms with Crippen LogP contribution < -0.4 is 10.2 Å². The third-order valence-corrected chi connectivity index (χ3v) is 5.47. The van der Waals surface area contributed by atoms with Crippen LogP contribution in [-0.4, -0.2) is 49.5 Å². The molecule has 1 N–H and O–H groups in total. The number of benzene rings is 2. The second-order valence-corrected chi connectivity index (χ2v) is 7.81. The second-order valence-electron chi connectivity index (χ2n) is 7.37. The smallest absolute Gasteiger partial charge is 0.282 e. The molecule has 0 radical (unpaired) electrons. The van der Waals surface area contributed by atoms with E-state index in [0.29, 0.717) is 6.54 Å². The number of hydrogen-bond donors (Lipinski definition) is 1. The molecule has 1 fully saturated rings. The number of anilines is 1. The summed E-state index contributed by atoms with van der Waals surface area (Å²) in [6, 6.07) is 12.3. The molecular formula is C21H25ClN4O3. The van der Waals surface area contributed by atoms with Crippen molar-refractivity contribution < 1.29 is 9.72 Å². The first-order valence-corrected chi connectivity index (χ1v) is 9.98. The van der Waals surface area contributed by atoms with E-state index in [4.69, 9.17) is 11.6 Å². The molecule has 2 aromatic rings. The molecule has 0 aliphatic carbocycles. The Kier molecular flexibility index (Phi) is 6.71. The predicted octanol–water partition coefficient (Wildman–Crippen LogP) is 3.88. The Bertz CT molecular complexity index is 880. The van der Waals surface area contributed by atoms with Gasteiger partial charge in [-0.05, 0) is 55.8 Å². The first kappa shape index (κ1) is 21.1. The van der Waals surface area contributed by atoms with Crippen molar-refractivity contribution in [2.24, 2.45) is 0 Å². The average Bonchev–Trinajstić information content (AvgIpc) is 3.22. The number of nitrogens with one attached hydrogen (secondary N) is 1. The van der Waals surface area contributed by atoms with E-state index in [1.807, 2.05) is 19.0 Å². The van der Waals surface area contributed by atoms with Crippen molar-refractivity contribution in [1.82, 2.24) is 10.2 Å². The van der Waals surface area contributed by atoms with Crippen LogP contribution in [0.2, 0.25) is 5.02 Å². The minimum atomic E-state index is -0.566. The number of nitrogens with zero attached hydrogens (tertiary/aromatic N) is 3. The molecule has 1 amide bonds. The van der Waals surface area contributed by atoms with Crippen LogP contribution in [0.4, 0.5) is 11.4 Å². The molecule has 1 heterocycles. The molecule has 2 aromatic carbocycles. The van der Waals surface area contributed by atoms with Gasteiger partial charge in [-0.3, -0.25) is 19.8 Å². The third-order valence-electron chi connectivity index (χ3n) is 5.23. The largest absolute Gasteiger partial charge is 0.378 e. The Morgan fingerprint density at radius 1 is 1.21 bits per heavy atom. The molecule has 0 spiro atoms. The summed E-state index contributed by atoms with van der Waals surface area (Å²) in [5.41, 5.74) is 1.94. The van der Waals surface area contributed by atoms with E-state index in [1.165, 1.54) is 18.2 Å². The van der Waals surface area contributed by atoms with Gasteiger partial charge in [-0.15, -0.1) is 0 Å². The van der Waals surface area contributed by atoms with E-state index >= 15 is 0 Å². The van der Waals surface area contributed by atoms with Gasteiger partial charge >= 0.3 is 0 Å². The predicted molar refractivity (Wildman–Crippen MR) is 115 cm³/mol. The SMILES string of the molecule is CN(C)c1ccc(C(CNC(=O)c2cc(Cl)ccc2[N+](=O)[O-])N2CCCC2)cc1. The van der Waals surface area contributed by atoms with Gasteiger partial charge in [0.1, 0.15) is 5.56 Å². The van der Waals surface area contributed by atoms with E-state index in [9.17, 15) is 14.9 Å². The van der Waals surface area contributed by atoms with Crippen molar-refractivity contribution in [1.29, 1.82) is 0 Å². The van der Waals surface area contributed by atoms with Gasteiger partial charge in [-0.1, -0.05) is 23.7 Å². The number of nitro benzene ring substituents is 1. The highest BCUT2D eigenvalue weighted by Gasteiger charge is 2.26. The lowest BCUT2D eigenvalue weighted by Gasteiger charge is -2.28. The van der Waals surface area contributed by atoms with E-state index in [-0.39, 0.29) is 22.3 Å². The van der Waals surface area contributed by atoms with Crippen LogP contribution in [0.3, 0.4) is 0 Å². The summed E-state index contributed by atoms with van der Waals surface area (Å²) in [7, 11) is 3.98. The van der Waals surface area contributed by atoms with Crippen LogP contribution in [0.25, 0.3) is 0 Å². The summed E-state index contributed by atoms with van der Waals surface area (Å²) in [6.07, 6.45) is 2.25. The summed E-state index contributed by atoms with van der Waals surface area (Å²) in [6.45, 7) is 2.30. The van der Waals surface area contributed by atoms with Gasteiger partial charge in [-0.25, -0.2) is 0 Å². The van der Waals surface area contributed by atoms with Crippen molar-refractivity contribution in [3.8, 4) is 0 Å². The molecule has 7 nitrogen and oxygen atoms in total. The molecule has 1 saturated heterocycles. The van der Waals surface area contributed by atoms with Gasteiger partial charge in [0, 0.05) is 37.4 Å². The van der Waals surface area contributed by atoms with Gasteiger partial charge in [0.15, 0.2) is 0 Å². The fourth-order valence-electron chi connectivity index (χ4n) is 3.64. The lowest BCUT2D eigenvalue weighted by molar-refractivity contribution is -0.385. The topological polar surface area (TPSA) is 78.7 Å². The average molecular weight is 417 g/mol. The highest BCUT2D eigenvalue weighted by atomic mass is 35.5. The summed E-state index contributed by atoms with van der Waals surface area (Å²) in [5, 5.41) is 14.4. The fourth-order valence-corrected chi connectivity index (χ4v) is 3.81. The Labute approximate surface area is 175 Å². The van der Waals surface area contributed by atoms with Crippen molar-refractivity contribution >= 4 is 28.9 Å². The minimum Gasteiger partial charge on any atom is -0.378 e. The normalized spacial score (nSPS) is 15.1. The summed E-state index contributed by atoms with van der Waals surface area (Å²) in [4.78, 5) is 27.8. The summed E-state index contributed by atoms with van der Waals surface area (Å²) >= 11 is 5.95. The maximum Gasteiger partial charge on any atom is 0.282 e. The first-order chi connectivity index (χ1) is 13.9.